The third kappa shape index (κ3) is 2.58. The summed E-state index contributed by atoms with van der Waals surface area (Å²) in [6, 6.07) is 4.36. The van der Waals surface area contributed by atoms with Gasteiger partial charge in [-0.1, -0.05) is 12.5 Å². The summed E-state index contributed by atoms with van der Waals surface area (Å²) in [7, 11) is 0. The molecule has 2 atom stereocenters. The molecule has 1 aliphatic carbocycles. The zero-order valence-corrected chi connectivity index (χ0v) is 10.9. The van der Waals surface area contributed by atoms with Crippen LogP contribution in [0.15, 0.2) is 18.2 Å². The van der Waals surface area contributed by atoms with Crippen LogP contribution in [0.25, 0.3) is 0 Å². The van der Waals surface area contributed by atoms with E-state index in [1.165, 1.54) is 6.07 Å². The van der Waals surface area contributed by atoms with Crippen molar-refractivity contribution in [3.05, 3.63) is 34.1 Å². The van der Waals surface area contributed by atoms with E-state index in [2.05, 4.69) is 5.32 Å². The number of nitrogens with zero attached hydrogens (tertiary/aromatic N) is 1. The van der Waals surface area contributed by atoms with Crippen LogP contribution in [-0.2, 0) is 0 Å². The van der Waals surface area contributed by atoms with Gasteiger partial charge in [-0.25, -0.2) is 0 Å². The molecular weight excluding hydrogens is 255 g/mol. The Hall–Kier alpha value is -1.30. The Morgan fingerprint density at radius 1 is 1.50 bits per heavy atom. The van der Waals surface area contributed by atoms with Crippen LogP contribution in [0.1, 0.15) is 19.3 Å². The summed E-state index contributed by atoms with van der Waals surface area (Å²) in [5.41, 5.74) is -0.171. The maximum Gasteiger partial charge on any atom is 0.327 e. The van der Waals surface area contributed by atoms with Crippen molar-refractivity contribution in [1.29, 1.82) is 0 Å². The van der Waals surface area contributed by atoms with E-state index >= 15 is 0 Å². The summed E-state index contributed by atoms with van der Waals surface area (Å²) in [4.78, 5) is 10.2. The number of nitrogens with one attached hydrogen (secondary N) is 1. The van der Waals surface area contributed by atoms with Crippen molar-refractivity contribution in [3.8, 4) is 0 Å². The van der Waals surface area contributed by atoms with E-state index < -0.39 is 16.4 Å². The third-order valence-electron chi connectivity index (χ3n) is 3.27. The van der Waals surface area contributed by atoms with Gasteiger partial charge < -0.3 is 5.32 Å². The van der Waals surface area contributed by atoms with Crippen LogP contribution in [0, 0.1) is 15.9 Å². The van der Waals surface area contributed by atoms with Crippen LogP contribution < -0.4 is 5.32 Å². The molecule has 2 rings (SSSR count). The van der Waals surface area contributed by atoms with Crippen LogP contribution in [-0.4, -0.2) is 22.5 Å². The number of rotatable bonds is 4. The predicted molar refractivity (Wildman–Crippen MR) is 71.6 cm³/mol. The number of hydrogen-bond donors (Lipinski definition) is 1. The third-order valence-corrected chi connectivity index (χ3v) is 4.44. The average molecular weight is 270 g/mol. The molecule has 4 nitrogen and oxygen atoms in total. The Morgan fingerprint density at radius 3 is 2.94 bits per heavy atom. The van der Waals surface area contributed by atoms with Gasteiger partial charge in [-0.2, -0.15) is 16.2 Å². The lowest BCUT2D eigenvalue weighted by atomic mass is 10.2. The Morgan fingerprint density at radius 2 is 2.28 bits per heavy atom. The summed E-state index contributed by atoms with van der Waals surface area (Å²) in [6.07, 6.45) is 5.21. The molecule has 98 valence electrons. The molecule has 1 fully saturated rings. The first-order valence-electron chi connectivity index (χ1n) is 5.85. The van der Waals surface area contributed by atoms with Gasteiger partial charge in [-0.15, -0.1) is 0 Å². The minimum atomic E-state index is -0.788. The molecule has 6 heteroatoms. The summed E-state index contributed by atoms with van der Waals surface area (Å²) in [5, 5.41) is 14.5. The second-order valence-electron chi connectivity index (χ2n) is 4.35. The molecule has 0 spiro atoms. The highest BCUT2D eigenvalue weighted by molar-refractivity contribution is 7.99. The molecular formula is C12H15FN2O2S. The van der Waals surface area contributed by atoms with Crippen molar-refractivity contribution in [2.75, 3.05) is 11.6 Å². The standard InChI is InChI=1S/C12H15FN2O2S/c1-18-11-7-3-5-9(11)14-10-6-2-4-8(13)12(10)15(16)17/h2,4,6,9,11,14H,3,5,7H2,1H3. The number of benzene rings is 1. The molecule has 1 N–H and O–H groups in total. The van der Waals surface area contributed by atoms with E-state index in [9.17, 15) is 14.5 Å². The zero-order chi connectivity index (χ0) is 13.1. The molecule has 0 heterocycles. The second-order valence-corrected chi connectivity index (χ2v) is 5.43. The van der Waals surface area contributed by atoms with E-state index in [1.54, 1.807) is 17.8 Å². The molecule has 0 saturated heterocycles. The lowest BCUT2D eigenvalue weighted by Crippen LogP contribution is -2.26. The van der Waals surface area contributed by atoms with Crippen molar-refractivity contribution in [2.24, 2.45) is 0 Å². The van der Waals surface area contributed by atoms with Crippen LogP contribution in [0.5, 0.6) is 0 Å². The Balaban J connectivity index is 2.23. The summed E-state index contributed by atoms with van der Waals surface area (Å²) >= 11 is 1.75. The quantitative estimate of drug-likeness (QED) is 0.672. The highest BCUT2D eigenvalue weighted by Gasteiger charge is 2.29. The number of thioether (sulfide) groups is 1. The number of hydrogen-bond acceptors (Lipinski definition) is 4. The molecule has 0 amide bonds. The molecule has 0 radical (unpaired) electrons. The minimum Gasteiger partial charge on any atom is -0.376 e. The van der Waals surface area contributed by atoms with Crippen molar-refractivity contribution in [3.63, 3.8) is 0 Å². The molecule has 0 aromatic heterocycles. The van der Waals surface area contributed by atoms with Gasteiger partial charge in [0, 0.05) is 11.3 Å². The number of nitro benzene ring substituents is 1. The topological polar surface area (TPSA) is 55.2 Å². The van der Waals surface area contributed by atoms with E-state index in [0.29, 0.717) is 5.25 Å². The van der Waals surface area contributed by atoms with Gasteiger partial charge >= 0.3 is 5.69 Å². The maximum atomic E-state index is 13.5. The van der Waals surface area contributed by atoms with Crippen LogP contribution in [0.3, 0.4) is 0 Å². The Labute approximate surface area is 109 Å². The van der Waals surface area contributed by atoms with Gasteiger partial charge in [-0.3, -0.25) is 10.1 Å². The first-order valence-corrected chi connectivity index (χ1v) is 7.14. The minimum absolute atomic E-state index is 0.181. The van der Waals surface area contributed by atoms with Gasteiger partial charge in [0.25, 0.3) is 0 Å². The molecule has 1 aromatic rings. The number of para-hydroxylation sites is 1. The highest BCUT2D eigenvalue weighted by atomic mass is 32.2. The fraction of sp³-hybridized carbons (Fsp3) is 0.500. The number of nitro groups is 1. The first-order chi connectivity index (χ1) is 8.63. The molecule has 1 aromatic carbocycles. The van der Waals surface area contributed by atoms with E-state index in [4.69, 9.17) is 0 Å². The Kier molecular flexibility index (Phi) is 4.06. The van der Waals surface area contributed by atoms with Crippen LogP contribution in [0.4, 0.5) is 15.8 Å². The fourth-order valence-electron chi connectivity index (χ4n) is 2.39. The van der Waals surface area contributed by atoms with Crippen molar-refractivity contribution in [1.82, 2.24) is 0 Å². The van der Waals surface area contributed by atoms with Crippen LogP contribution >= 0.6 is 11.8 Å². The number of anilines is 1. The summed E-state index contributed by atoms with van der Waals surface area (Å²) in [5.74, 6) is -0.788. The molecule has 0 bridgehead atoms. The zero-order valence-electron chi connectivity index (χ0n) is 10.1. The van der Waals surface area contributed by atoms with E-state index in [0.717, 1.165) is 25.3 Å². The van der Waals surface area contributed by atoms with Crippen molar-refractivity contribution < 1.29 is 9.31 Å². The van der Waals surface area contributed by atoms with E-state index in [-0.39, 0.29) is 11.7 Å². The largest absolute Gasteiger partial charge is 0.376 e. The molecule has 0 aliphatic heterocycles. The summed E-state index contributed by atoms with van der Waals surface area (Å²) in [6.45, 7) is 0. The summed E-state index contributed by atoms with van der Waals surface area (Å²) < 4.78 is 13.5. The van der Waals surface area contributed by atoms with Crippen molar-refractivity contribution in [2.45, 2.75) is 30.6 Å². The first kappa shape index (κ1) is 13.1. The monoisotopic (exact) mass is 270 g/mol. The van der Waals surface area contributed by atoms with Gasteiger partial charge in [0.1, 0.15) is 5.69 Å². The highest BCUT2D eigenvalue weighted by Crippen LogP contribution is 2.34. The predicted octanol–water partition coefficient (Wildman–Crippen LogP) is 3.43. The fourth-order valence-corrected chi connectivity index (χ4v) is 3.33. The Bertz CT molecular complexity index is 456. The van der Waals surface area contributed by atoms with Gasteiger partial charge in [0.15, 0.2) is 0 Å². The molecule has 2 unspecified atom stereocenters. The van der Waals surface area contributed by atoms with Gasteiger partial charge in [0.05, 0.1) is 4.92 Å². The molecule has 1 saturated carbocycles. The smallest absolute Gasteiger partial charge is 0.327 e. The molecule has 1 aliphatic rings. The SMILES string of the molecule is CSC1CCCC1Nc1cccc(F)c1[N+](=O)[O-]. The maximum absolute atomic E-state index is 13.5. The molecule has 18 heavy (non-hydrogen) atoms. The van der Waals surface area contributed by atoms with E-state index in [1.807, 2.05) is 6.26 Å². The van der Waals surface area contributed by atoms with Gasteiger partial charge in [0.2, 0.25) is 5.82 Å². The van der Waals surface area contributed by atoms with Crippen molar-refractivity contribution >= 4 is 23.1 Å². The average Bonchev–Trinajstić information content (AvgIpc) is 2.76. The lowest BCUT2D eigenvalue weighted by Gasteiger charge is -2.20. The second kappa shape index (κ2) is 5.56. The van der Waals surface area contributed by atoms with Crippen LogP contribution in [0.2, 0.25) is 0 Å². The number of halogens is 1. The normalized spacial score (nSPS) is 23.0. The lowest BCUT2D eigenvalue weighted by molar-refractivity contribution is -0.386. The van der Waals surface area contributed by atoms with Gasteiger partial charge in [-0.05, 0) is 31.2 Å².